The van der Waals surface area contributed by atoms with Crippen molar-refractivity contribution < 1.29 is 27.0 Å². The predicted molar refractivity (Wildman–Crippen MR) is 104 cm³/mol. The molecule has 3 rings (SSSR count). The summed E-state index contributed by atoms with van der Waals surface area (Å²) in [5.41, 5.74) is 1.44. The lowest BCUT2D eigenvalue weighted by atomic mass is 9.90. The van der Waals surface area contributed by atoms with Crippen molar-refractivity contribution >= 4 is 5.69 Å². The molecule has 0 heterocycles. The quantitative estimate of drug-likeness (QED) is 0.478. The fourth-order valence-corrected chi connectivity index (χ4v) is 3.39. The van der Waals surface area contributed by atoms with Crippen LogP contribution in [0.25, 0.3) is 0 Å². The SMILES string of the molecule is FC(F)C(F)(F)Oc1cccc(CNc2cccc(OCC3CCCCC3)c2)c1. The molecule has 1 aliphatic carbocycles. The lowest BCUT2D eigenvalue weighted by Crippen LogP contribution is -2.33. The Morgan fingerprint density at radius 2 is 1.69 bits per heavy atom. The van der Waals surface area contributed by atoms with E-state index >= 15 is 0 Å². The Hall–Kier alpha value is -2.44. The van der Waals surface area contributed by atoms with E-state index < -0.39 is 12.5 Å². The van der Waals surface area contributed by atoms with Crippen LogP contribution in [0.5, 0.6) is 11.5 Å². The largest absolute Gasteiger partial charge is 0.493 e. The molecule has 2 aromatic carbocycles. The fraction of sp³-hybridized carbons (Fsp3) is 0.455. The minimum atomic E-state index is -4.52. The molecule has 29 heavy (non-hydrogen) atoms. The van der Waals surface area contributed by atoms with Crippen molar-refractivity contribution in [2.45, 2.75) is 51.2 Å². The summed E-state index contributed by atoms with van der Waals surface area (Å²) in [5, 5.41) is 3.18. The Bertz CT molecular complexity index is 779. The molecule has 0 amide bonds. The molecule has 0 unspecified atom stereocenters. The Morgan fingerprint density at radius 3 is 2.45 bits per heavy atom. The summed E-state index contributed by atoms with van der Waals surface area (Å²) in [6.07, 6.45) is -2.15. The van der Waals surface area contributed by atoms with Gasteiger partial charge in [-0.1, -0.05) is 37.5 Å². The molecule has 1 saturated carbocycles. The van der Waals surface area contributed by atoms with Gasteiger partial charge in [0.15, 0.2) is 0 Å². The van der Waals surface area contributed by atoms with E-state index in [0.717, 1.165) is 11.4 Å². The van der Waals surface area contributed by atoms with Crippen LogP contribution < -0.4 is 14.8 Å². The minimum absolute atomic E-state index is 0.306. The smallest absolute Gasteiger partial charge is 0.461 e. The maximum Gasteiger partial charge on any atom is 0.461 e. The number of hydrogen-bond acceptors (Lipinski definition) is 3. The fourth-order valence-electron chi connectivity index (χ4n) is 3.39. The molecule has 0 radical (unpaired) electrons. The topological polar surface area (TPSA) is 30.5 Å². The van der Waals surface area contributed by atoms with Gasteiger partial charge < -0.3 is 14.8 Å². The van der Waals surface area contributed by atoms with Crippen molar-refractivity contribution in [3.63, 3.8) is 0 Å². The van der Waals surface area contributed by atoms with Gasteiger partial charge in [0.05, 0.1) is 6.61 Å². The van der Waals surface area contributed by atoms with Crippen LogP contribution in [0.3, 0.4) is 0 Å². The van der Waals surface area contributed by atoms with Gasteiger partial charge in [-0.2, -0.15) is 17.6 Å². The molecule has 158 valence electrons. The van der Waals surface area contributed by atoms with Gasteiger partial charge in [0.1, 0.15) is 11.5 Å². The Balaban J connectivity index is 1.54. The van der Waals surface area contributed by atoms with E-state index in [1.165, 1.54) is 50.3 Å². The number of halogens is 4. The highest BCUT2D eigenvalue weighted by Crippen LogP contribution is 2.28. The van der Waals surface area contributed by atoms with Crippen molar-refractivity contribution in [3.8, 4) is 11.5 Å². The molecule has 1 N–H and O–H groups in total. The highest BCUT2D eigenvalue weighted by atomic mass is 19.3. The first-order chi connectivity index (χ1) is 13.9. The van der Waals surface area contributed by atoms with Gasteiger partial charge in [-0.25, -0.2) is 0 Å². The van der Waals surface area contributed by atoms with Crippen molar-refractivity contribution in [2.24, 2.45) is 5.92 Å². The molecule has 0 saturated heterocycles. The summed E-state index contributed by atoms with van der Waals surface area (Å²) in [4.78, 5) is 0. The molecule has 0 spiro atoms. The molecule has 1 fully saturated rings. The summed E-state index contributed by atoms with van der Waals surface area (Å²) in [7, 11) is 0. The van der Waals surface area contributed by atoms with Crippen LogP contribution in [0.1, 0.15) is 37.7 Å². The lowest BCUT2D eigenvalue weighted by Gasteiger charge is -2.21. The number of anilines is 1. The predicted octanol–water partition coefficient (Wildman–Crippen LogP) is 6.49. The van der Waals surface area contributed by atoms with E-state index in [0.29, 0.717) is 24.6 Å². The summed E-state index contributed by atoms with van der Waals surface area (Å²) >= 11 is 0. The maximum atomic E-state index is 13.1. The lowest BCUT2D eigenvalue weighted by molar-refractivity contribution is -0.253. The van der Waals surface area contributed by atoms with Crippen LogP contribution >= 0.6 is 0 Å². The van der Waals surface area contributed by atoms with Crippen LogP contribution in [0.15, 0.2) is 48.5 Å². The number of ether oxygens (including phenoxy) is 2. The molecular weight excluding hydrogens is 386 g/mol. The van der Waals surface area contributed by atoms with E-state index in [1.807, 2.05) is 24.3 Å². The number of alkyl halides is 4. The summed E-state index contributed by atoms with van der Waals surface area (Å²) in [6.45, 7) is 1.03. The molecule has 0 aliphatic heterocycles. The first-order valence-corrected chi connectivity index (χ1v) is 9.83. The second-order valence-corrected chi connectivity index (χ2v) is 7.31. The molecule has 1 aliphatic rings. The zero-order chi connectivity index (χ0) is 20.7. The number of rotatable bonds is 9. The zero-order valence-corrected chi connectivity index (χ0v) is 16.1. The van der Waals surface area contributed by atoms with Crippen molar-refractivity contribution in [3.05, 3.63) is 54.1 Å². The molecule has 7 heteroatoms. The highest BCUT2D eigenvalue weighted by molar-refractivity contribution is 5.48. The zero-order valence-electron chi connectivity index (χ0n) is 16.1. The van der Waals surface area contributed by atoms with Gasteiger partial charge in [-0.15, -0.1) is 0 Å². The van der Waals surface area contributed by atoms with Crippen molar-refractivity contribution in [1.29, 1.82) is 0 Å². The Kier molecular flexibility index (Phi) is 7.23. The Morgan fingerprint density at radius 1 is 0.966 bits per heavy atom. The van der Waals surface area contributed by atoms with Crippen LogP contribution in [0.2, 0.25) is 0 Å². The van der Waals surface area contributed by atoms with E-state index in [2.05, 4.69) is 10.1 Å². The average molecular weight is 411 g/mol. The first-order valence-electron chi connectivity index (χ1n) is 9.83. The minimum Gasteiger partial charge on any atom is -0.493 e. The van der Waals surface area contributed by atoms with Crippen LogP contribution in [-0.2, 0) is 6.54 Å². The van der Waals surface area contributed by atoms with Crippen molar-refractivity contribution in [2.75, 3.05) is 11.9 Å². The number of benzene rings is 2. The van der Waals surface area contributed by atoms with Gasteiger partial charge >= 0.3 is 12.5 Å². The molecule has 0 bridgehead atoms. The molecule has 2 aromatic rings. The molecule has 3 nitrogen and oxygen atoms in total. The van der Waals surface area contributed by atoms with Gasteiger partial charge in [0.25, 0.3) is 0 Å². The normalized spacial score (nSPS) is 15.3. The Labute approximate surface area is 168 Å². The van der Waals surface area contributed by atoms with Crippen LogP contribution in [0, 0.1) is 5.92 Å². The summed E-state index contributed by atoms with van der Waals surface area (Å²) < 4.78 is 60.8. The van der Waals surface area contributed by atoms with Crippen LogP contribution in [0.4, 0.5) is 23.2 Å². The van der Waals surface area contributed by atoms with Gasteiger partial charge in [-0.05, 0) is 48.6 Å². The van der Waals surface area contributed by atoms with Gasteiger partial charge in [0, 0.05) is 18.3 Å². The van der Waals surface area contributed by atoms with Gasteiger partial charge in [-0.3, -0.25) is 0 Å². The maximum absolute atomic E-state index is 13.1. The molecule has 0 atom stereocenters. The first kappa shape index (κ1) is 21.3. The highest BCUT2D eigenvalue weighted by Gasteiger charge is 2.43. The summed E-state index contributed by atoms with van der Waals surface area (Å²) in [5.74, 6) is 1.07. The standard InChI is InChI=1S/C22H25F4NO2/c23-21(24)22(25,26)29-20-11-4-8-17(12-20)14-27-18-9-5-10-19(13-18)28-15-16-6-2-1-3-7-16/h4-5,8-13,16,21,27H,1-3,6-7,14-15H2. The third-order valence-corrected chi connectivity index (χ3v) is 4.95. The summed E-state index contributed by atoms with van der Waals surface area (Å²) in [6, 6.07) is 13.2. The van der Waals surface area contributed by atoms with E-state index in [9.17, 15) is 17.6 Å². The second kappa shape index (κ2) is 9.85. The average Bonchev–Trinajstić information content (AvgIpc) is 2.72. The van der Waals surface area contributed by atoms with Crippen molar-refractivity contribution in [1.82, 2.24) is 0 Å². The molecule has 0 aromatic heterocycles. The number of hydrogen-bond donors (Lipinski definition) is 1. The number of nitrogens with one attached hydrogen (secondary N) is 1. The van der Waals surface area contributed by atoms with Gasteiger partial charge in [0.2, 0.25) is 0 Å². The van der Waals surface area contributed by atoms with E-state index in [4.69, 9.17) is 4.74 Å². The van der Waals surface area contributed by atoms with E-state index in [-0.39, 0.29) is 5.75 Å². The third-order valence-electron chi connectivity index (χ3n) is 4.95. The second-order valence-electron chi connectivity index (χ2n) is 7.31. The molecular formula is C22H25F4NO2. The third kappa shape index (κ3) is 6.54. The van der Waals surface area contributed by atoms with E-state index in [1.54, 1.807) is 6.07 Å². The van der Waals surface area contributed by atoms with Crippen LogP contribution in [-0.4, -0.2) is 19.1 Å². The monoisotopic (exact) mass is 411 g/mol.